The number of aliphatic imine (C=N–C) groups is 1. The summed E-state index contributed by atoms with van der Waals surface area (Å²) in [6.45, 7) is 9.02. The molecule has 0 bridgehead atoms. The minimum atomic E-state index is -1.27. The predicted octanol–water partition coefficient (Wildman–Crippen LogP) is 1.72. The maximum absolute atomic E-state index is 12.6. The molecule has 1 saturated heterocycles. The third-order valence-corrected chi connectivity index (χ3v) is 5.74. The van der Waals surface area contributed by atoms with Gasteiger partial charge in [-0.05, 0) is 47.5 Å². The van der Waals surface area contributed by atoms with Crippen LogP contribution < -0.4 is 15.9 Å². The van der Waals surface area contributed by atoms with E-state index in [0.29, 0.717) is 5.56 Å². The molecule has 1 aliphatic heterocycles. The molecular weight excluding hydrogens is 512 g/mol. The Morgan fingerprint density at radius 1 is 1.15 bits per heavy atom. The second kappa shape index (κ2) is 14.8. The van der Waals surface area contributed by atoms with Gasteiger partial charge < -0.3 is 19.9 Å². The van der Waals surface area contributed by atoms with Crippen LogP contribution in [0.3, 0.4) is 0 Å². The van der Waals surface area contributed by atoms with Crippen LogP contribution >= 0.6 is 0 Å². The Labute approximate surface area is 234 Å². The normalized spacial score (nSPS) is 15.2. The number of hydrogen-bond donors (Lipinski definition) is 3. The average molecular weight is 548 g/mol. The van der Waals surface area contributed by atoms with Gasteiger partial charge in [-0.2, -0.15) is 0 Å². The zero-order chi connectivity index (χ0) is 29.0. The Balaban J connectivity index is 1.53. The Kier molecular flexibility index (Phi) is 11.3. The van der Waals surface area contributed by atoms with Crippen molar-refractivity contribution in [3.05, 3.63) is 76.9 Å². The van der Waals surface area contributed by atoms with Crippen LogP contribution in [0.4, 0.5) is 0 Å². The van der Waals surface area contributed by atoms with Crippen molar-refractivity contribution in [3.63, 3.8) is 0 Å². The highest BCUT2D eigenvalue weighted by Gasteiger charge is 2.21. The molecule has 0 aliphatic carbocycles. The minimum absolute atomic E-state index is 0.270. The fraction of sp³-hybridized carbons (Fsp3) is 0.367. The number of amides is 2. The number of benzene rings is 2. The largest absolute Gasteiger partial charge is 0.595 e. The zero-order valence-electron chi connectivity index (χ0n) is 23.0. The molecule has 2 amide bonds. The van der Waals surface area contributed by atoms with E-state index in [1.807, 2.05) is 6.08 Å². The number of hydroxylamine groups is 1. The van der Waals surface area contributed by atoms with Crippen molar-refractivity contribution in [1.82, 2.24) is 15.7 Å². The molecule has 40 heavy (non-hydrogen) atoms. The first-order valence-corrected chi connectivity index (χ1v) is 13.0. The van der Waals surface area contributed by atoms with Crippen LogP contribution in [0.15, 0.2) is 59.6 Å². The van der Waals surface area contributed by atoms with E-state index in [0.717, 1.165) is 38.4 Å². The maximum Gasteiger partial charge on any atom is 0.267 e. The van der Waals surface area contributed by atoms with E-state index in [-0.39, 0.29) is 5.56 Å². The van der Waals surface area contributed by atoms with E-state index in [4.69, 9.17) is 14.7 Å². The molecule has 1 fully saturated rings. The lowest BCUT2D eigenvalue weighted by Gasteiger charge is -2.29. The highest BCUT2D eigenvalue weighted by atomic mass is 16.6. The molecule has 1 atom stereocenters. The van der Waals surface area contributed by atoms with Gasteiger partial charge in [0.25, 0.3) is 11.8 Å². The van der Waals surface area contributed by atoms with E-state index < -0.39 is 36.1 Å². The van der Waals surface area contributed by atoms with Gasteiger partial charge in [0.2, 0.25) is 0 Å². The molecule has 0 unspecified atom stereocenters. The molecule has 212 valence electrons. The van der Waals surface area contributed by atoms with E-state index >= 15 is 0 Å². The van der Waals surface area contributed by atoms with Gasteiger partial charge in [0.1, 0.15) is 12.1 Å². The number of rotatable bonds is 8. The highest BCUT2D eigenvalue weighted by molar-refractivity contribution is 5.97. The maximum atomic E-state index is 12.6. The van der Waals surface area contributed by atoms with Crippen molar-refractivity contribution in [2.24, 2.45) is 4.99 Å². The number of ether oxygens (including phenoxy) is 2. The Morgan fingerprint density at radius 2 is 1.82 bits per heavy atom. The SMILES string of the molecule is CC(C)(C)OC([O-])=NC[C@H](NC(=O)c1ccc(C#C/C=C/c2ccc(CN3CCOCC3)cc2)cc1)C(=O)NO. The fourth-order valence-electron chi connectivity index (χ4n) is 3.69. The summed E-state index contributed by atoms with van der Waals surface area (Å²) in [6.07, 6.45) is 2.82. The third-order valence-electron chi connectivity index (χ3n) is 5.74. The fourth-order valence-corrected chi connectivity index (χ4v) is 3.69. The minimum Gasteiger partial charge on any atom is -0.595 e. The van der Waals surface area contributed by atoms with Crippen LogP contribution in [0.25, 0.3) is 6.08 Å². The molecule has 10 nitrogen and oxygen atoms in total. The lowest BCUT2D eigenvalue weighted by molar-refractivity contribution is -0.260. The van der Waals surface area contributed by atoms with Crippen molar-refractivity contribution < 1.29 is 29.4 Å². The van der Waals surface area contributed by atoms with Crippen LogP contribution in [0, 0.1) is 11.8 Å². The number of carbonyl (C=O) groups excluding carboxylic acids is 2. The molecule has 2 aromatic rings. The molecule has 0 radical (unpaired) electrons. The topological polar surface area (TPSA) is 136 Å². The van der Waals surface area contributed by atoms with Crippen LogP contribution in [0.5, 0.6) is 0 Å². The summed E-state index contributed by atoms with van der Waals surface area (Å²) in [5, 5.41) is 23.3. The summed E-state index contributed by atoms with van der Waals surface area (Å²) in [5.41, 5.74) is 3.99. The van der Waals surface area contributed by atoms with Gasteiger partial charge in [-0.1, -0.05) is 56.9 Å². The summed E-state index contributed by atoms with van der Waals surface area (Å²) >= 11 is 0. The van der Waals surface area contributed by atoms with Crippen molar-refractivity contribution in [2.45, 2.75) is 39.0 Å². The van der Waals surface area contributed by atoms with E-state index in [2.05, 4.69) is 51.3 Å². The number of nitrogens with one attached hydrogen (secondary N) is 2. The van der Waals surface area contributed by atoms with Crippen LogP contribution in [-0.4, -0.2) is 72.5 Å². The zero-order valence-corrected chi connectivity index (χ0v) is 23.0. The number of hydrogen-bond acceptors (Lipinski definition) is 8. The van der Waals surface area contributed by atoms with Crippen LogP contribution in [0.1, 0.15) is 47.8 Å². The molecule has 1 aliphatic rings. The average Bonchev–Trinajstić information content (AvgIpc) is 2.93. The second-order valence-corrected chi connectivity index (χ2v) is 10.1. The summed E-state index contributed by atoms with van der Waals surface area (Å²) < 4.78 is 10.5. The Morgan fingerprint density at radius 3 is 2.45 bits per heavy atom. The van der Waals surface area contributed by atoms with Crippen molar-refractivity contribution in [2.75, 3.05) is 32.8 Å². The molecule has 2 aromatic carbocycles. The molecule has 3 rings (SSSR count). The monoisotopic (exact) mass is 547 g/mol. The van der Waals surface area contributed by atoms with E-state index in [9.17, 15) is 14.7 Å². The molecular formula is C30H35N4O6-. The van der Waals surface area contributed by atoms with E-state index in [1.165, 1.54) is 11.0 Å². The van der Waals surface area contributed by atoms with Crippen molar-refractivity contribution in [1.29, 1.82) is 0 Å². The summed E-state index contributed by atoms with van der Waals surface area (Å²) in [6, 6.07) is 13.6. The first kappa shape index (κ1) is 30.4. The molecule has 0 saturated carbocycles. The molecule has 0 spiro atoms. The van der Waals surface area contributed by atoms with Gasteiger partial charge in [0.15, 0.2) is 0 Å². The number of nitrogens with zero attached hydrogens (tertiary/aromatic N) is 2. The van der Waals surface area contributed by atoms with Gasteiger partial charge in [-0.15, -0.1) is 0 Å². The smallest absolute Gasteiger partial charge is 0.267 e. The summed E-state index contributed by atoms with van der Waals surface area (Å²) in [5.74, 6) is 4.51. The van der Waals surface area contributed by atoms with Gasteiger partial charge in [-0.25, -0.2) is 5.48 Å². The Hall–Kier alpha value is -4.17. The third kappa shape index (κ3) is 10.5. The van der Waals surface area contributed by atoms with Gasteiger partial charge in [0, 0.05) is 36.4 Å². The second-order valence-electron chi connectivity index (χ2n) is 10.1. The van der Waals surface area contributed by atoms with Crippen LogP contribution in [0.2, 0.25) is 0 Å². The van der Waals surface area contributed by atoms with Crippen molar-refractivity contribution >= 4 is 24.0 Å². The van der Waals surface area contributed by atoms with Gasteiger partial charge >= 0.3 is 0 Å². The number of carbonyl (C=O) groups is 2. The number of morpholine rings is 1. The van der Waals surface area contributed by atoms with E-state index in [1.54, 1.807) is 51.1 Å². The lowest BCUT2D eigenvalue weighted by atomic mass is 10.1. The first-order chi connectivity index (χ1) is 19.1. The lowest BCUT2D eigenvalue weighted by Crippen LogP contribution is -2.48. The predicted molar refractivity (Wildman–Crippen MR) is 149 cm³/mol. The van der Waals surface area contributed by atoms with Crippen molar-refractivity contribution in [3.8, 4) is 11.8 Å². The quantitative estimate of drug-likeness (QED) is 0.151. The molecule has 3 N–H and O–H groups in total. The standard InChI is InChI=1S/C30H36N4O6/c1-30(2,3)40-29(37)31-20-26(28(36)33-38)32-27(35)25-14-12-23(13-15-25)7-5-4-6-22-8-10-24(11-9-22)21-34-16-18-39-19-17-34/h4,6,8-15,26,38H,16-21H2,1-3H3,(H,31,37)(H,32,35)(H,33,36)/p-1/b6-4+/t26-/m0/s1. The van der Waals surface area contributed by atoms with Gasteiger partial charge in [-0.3, -0.25) is 24.7 Å². The highest BCUT2D eigenvalue weighted by Crippen LogP contribution is 2.11. The van der Waals surface area contributed by atoms with Crippen LogP contribution in [-0.2, 0) is 20.8 Å². The first-order valence-electron chi connectivity index (χ1n) is 13.0. The Bertz CT molecular complexity index is 1250. The summed E-state index contributed by atoms with van der Waals surface area (Å²) in [4.78, 5) is 30.6. The number of allylic oxidation sites excluding steroid dienone is 1. The molecule has 10 heteroatoms. The molecule has 0 aromatic heterocycles. The summed E-state index contributed by atoms with van der Waals surface area (Å²) in [7, 11) is 0. The molecule has 1 heterocycles. The van der Waals surface area contributed by atoms with Gasteiger partial charge in [0.05, 0.1) is 19.8 Å².